The lowest BCUT2D eigenvalue weighted by atomic mass is 10.0. The SMILES string of the molecule is CCCC1(C(=O)NN)CC1. The van der Waals surface area contributed by atoms with Crippen molar-refractivity contribution in [1.29, 1.82) is 0 Å². The molecule has 0 aromatic carbocycles. The monoisotopic (exact) mass is 142 g/mol. The normalized spacial score (nSPS) is 20.2. The summed E-state index contributed by atoms with van der Waals surface area (Å²) in [6, 6.07) is 0. The van der Waals surface area contributed by atoms with Gasteiger partial charge in [0.05, 0.1) is 5.41 Å². The van der Waals surface area contributed by atoms with E-state index in [4.69, 9.17) is 5.84 Å². The van der Waals surface area contributed by atoms with Crippen molar-refractivity contribution >= 4 is 5.91 Å². The first-order valence-corrected chi connectivity index (χ1v) is 3.76. The van der Waals surface area contributed by atoms with Crippen LogP contribution in [0.2, 0.25) is 0 Å². The molecule has 0 aliphatic heterocycles. The Balaban J connectivity index is 2.43. The molecule has 1 aliphatic carbocycles. The highest BCUT2D eigenvalue weighted by Gasteiger charge is 2.48. The summed E-state index contributed by atoms with van der Waals surface area (Å²) in [5.41, 5.74) is 2.15. The largest absolute Gasteiger partial charge is 0.294 e. The van der Waals surface area contributed by atoms with Gasteiger partial charge in [0.25, 0.3) is 0 Å². The summed E-state index contributed by atoms with van der Waals surface area (Å²) >= 11 is 0. The second-order valence-electron chi connectivity index (χ2n) is 3.00. The van der Waals surface area contributed by atoms with Gasteiger partial charge < -0.3 is 0 Å². The summed E-state index contributed by atoms with van der Waals surface area (Å²) in [4.78, 5) is 11.0. The van der Waals surface area contributed by atoms with Crippen molar-refractivity contribution in [2.75, 3.05) is 0 Å². The van der Waals surface area contributed by atoms with Crippen LogP contribution in [0.3, 0.4) is 0 Å². The zero-order chi connectivity index (χ0) is 7.61. The smallest absolute Gasteiger partial charge is 0.240 e. The summed E-state index contributed by atoms with van der Waals surface area (Å²) < 4.78 is 0. The number of carbonyl (C=O) groups excluding carboxylic acids is 1. The lowest BCUT2D eigenvalue weighted by molar-refractivity contribution is -0.126. The van der Waals surface area contributed by atoms with Crippen LogP contribution in [0, 0.1) is 5.41 Å². The van der Waals surface area contributed by atoms with Crippen LogP contribution in [0.15, 0.2) is 0 Å². The van der Waals surface area contributed by atoms with Crippen molar-refractivity contribution in [3.63, 3.8) is 0 Å². The van der Waals surface area contributed by atoms with Gasteiger partial charge in [-0.2, -0.15) is 0 Å². The van der Waals surface area contributed by atoms with E-state index in [2.05, 4.69) is 12.3 Å². The molecule has 0 aromatic rings. The molecule has 0 atom stereocenters. The minimum Gasteiger partial charge on any atom is -0.294 e. The van der Waals surface area contributed by atoms with E-state index in [1.54, 1.807) is 0 Å². The lowest BCUT2D eigenvalue weighted by Gasteiger charge is -2.10. The van der Waals surface area contributed by atoms with Crippen LogP contribution in [0.1, 0.15) is 32.6 Å². The van der Waals surface area contributed by atoms with Gasteiger partial charge in [-0.05, 0) is 19.3 Å². The zero-order valence-corrected chi connectivity index (χ0v) is 6.31. The molecule has 10 heavy (non-hydrogen) atoms. The highest BCUT2D eigenvalue weighted by Crippen LogP contribution is 2.49. The van der Waals surface area contributed by atoms with Crippen LogP contribution >= 0.6 is 0 Å². The number of rotatable bonds is 3. The third-order valence-electron chi connectivity index (χ3n) is 2.19. The molecule has 3 N–H and O–H groups in total. The van der Waals surface area contributed by atoms with E-state index in [1.165, 1.54) is 0 Å². The number of amides is 1. The Bertz CT molecular complexity index is 141. The summed E-state index contributed by atoms with van der Waals surface area (Å²) in [7, 11) is 0. The van der Waals surface area contributed by atoms with Crippen LogP contribution in [0.25, 0.3) is 0 Å². The Morgan fingerprint density at radius 2 is 2.30 bits per heavy atom. The molecule has 0 aromatic heterocycles. The summed E-state index contributed by atoms with van der Waals surface area (Å²) in [5, 5.41) is 0. The predicted molar refractivity (Wildman–Crippen MR) is 38.9 cm³/mol. The highest BCUT2D eigenvalue weighted by molar-refractivity contribution is 5.84. The number of carbonyl (C=O) groups is 1. The molecule has 1 amide bonds. The summed E-state index contributed by atoms with van der Waals surface area (Å²) in [6.45, 7) is 2.09. The fraction of sp³-hybridized carbons (Fsp3) is 0.857. The number of nitrogens with two attached hydrogens (primary N) is 1. The molecule has 0 unspecified atom stereocenters. The first kappa shape index (κ1) is 7.54. The molecule has 0 bridgehead atoms. The number of hydrazine groups is 1. The van der Waals surface area contributed by atoms with Crippen LogP contribution < -0.4 is 11.3 Å². The van der Waals surface area contributed by atoms with Crippen LogP contribution in [-0.2, 0) is 4.79 Å². The molecule has 0 radical (unpaired) electrons. The van der Waals surface area contributed by atoms with Crippen molar-refractivity contribution < 1.29 is 4.79 Å². The van der Waals surface area contributed by atoms with Gasteiger partial charge in [0.2, 0.25) is 5.91 Å². The van der Waals surface area contributed by atoms with Crippen molar-refractivity contribution in [3.8, 4) is 0 Å². The maximum Gasteiger partial charge on any atom is 0.240 e. The Morgan fingerprint density at radius 1 is 1.70 bits per heavy atom. The van der Waals surface area contributed by atoms with Gasteiger partial charge in [0.15, 0.2) is 0 Å². The van der Waals surface area contributed by atoms with Gasteiger partial charge in [-0.3, -0.25) is 10.2 Å². The minimum atomic E-state index is -0.0660. The van der Waals surface area contributed by atoms with Crippen molar-refractivity contribution in [3.05, 3.63) is 0 Å². The molecule has 1 aliphatic rings. The molecule has 3 heteroatoms. The Labute approximate surface area is 60.9 Å². The highest BCUT2D eigenvalue weighted by atomic mass is 16.2. The topological polar surface area (TPSA) is 55.1 Å². The van der Waals surface area contributed by atoms with E-state index in [0.29, 0.717) is 0 Å². The van der Waals surface area contributed by atoms with Crippen molar-refractivity contribution in [2.24, 2.45) is 11.3 Å². The van der Waals surface area contributed by atoms with Crippen LogP contribution in [0.5, 0.6) is 0 Å². The van der Waals surface area contributed by atoms with Crippen molar-refractivity contribution in [1.82, 2.24) is 5.43 Å². The third-order valence-corrected chi connectivity index (χ3v) is 2.19. The second-order valence-corrected chi connectivity index (χ2v) is 3.00. The molecule has 3 nitrogen and oxygen atoms in total. The average molecular weight is 142 g/mol. The van der Waals surface area contributed by atoms with Gasteiger partial charge in [-0.1, -0.05) is 13.3 Å². The maximum atomic E-state index is 11.0. The lowest BCUT2D eigenvalue weighted by Crippen LogP contribution is -2.36. The molecule has 58 valence electrons. The predicted octanol–water partition coefficient (Wildman–Crippen LogP) is 0.557. The Morgan fingerprint density at radius 3 is 2.60 bits per heavy atom. The fourth-order valence-electron chi connectivity index (χ4n) is 1.37. The molecule has 0 heterocycles. The van der Waals surface area contributed by atoms with Gasteiger partial charge >= 0.3 is 0 Å². The van der Waals surface area contributed by atoms with E-state index < -0.39 is 0 Å². The van der Waals surface area contributed by atoms with Gasteiger partial charge in [0, 0.05) is 0 Å². The number of hydrogen-bond acceptors (Lipinski definition) is 2. The molecule has 1 saturated carbocycles. The molecule has 0 saturated heterocycles. The first-order chi connectivity index (χ1) is 4.75. The van der Waals surface area contributed by atoms with Gasteiger partial charge in [-0.25, -0.2) is 5.84 Å². The number of hydrogen-bond donors (Lipinski definition) is 2. The summed E-state index contributed by atoms with van der Waals surface area (Å²) in [5.74, 6) is 5.05. The molecule has 1 fully saturated rings. The fourth-order valence-corrected chi connectivity index (χ4v) is 1.37. The Hall–Kier alpha value is -0.570. The molecular weight excluding hydrogens is 128 g/mol. The van der Waals surface area contributed by atoms with E-state index in [9.17, 15) is 4.79 Å². The molecule has 1 rings (SSSR count). The van der Waals surface area contributed by atoms with E-state index >= 15 is 0 Å². The van der Waals surface area contributed by atoms with Crippen LogP contribution in [-0.4, -0.2) is 5.91 Å². The van der Waals surface area contributed by atoms with Gasteiger partial charge in [0.1, 0.15) is 0 Å². The zero-order valence-electron chi connectivity index (χ0n) is 6.31. The minimum absolute atomic E-state index is 0.0225. The molecule has 0 spiro atoms. The second kappa shape index (κ2) is 2.58. The Kier molecular flexibility index (Phi) is 1.94. The van der Waals surface area contributed by atoms with E-state index in [1.807, 2.05) is 0 Å². The van der Waals surface area contributed by atoms with Crippen molar-refractivity contribution in [2.45, 2.75) is 32.6 Å². The standard InChI is InChI=1S/C7H14N2O/c1-2-3-7(4-5-7)6(10)9-8/h2-5,8H2,1H3,(H,9,10). The molecular formula is C7H14N2O. The van der Waals surface area contributed by atoms with E-state index in [-0.39, 0.29) is 11.3 Å². The van der Waals surface area contributed by atoms with Crippen LogP contribution in [0.4, 0.5) is 0 Å². The van der Waals surface area contributed by atoms with E-state index in [0.717, 1.165) is 25.7 Å². The first-order valence-electron chi connectivity index (χ1n) is 3.76. The summed E-state index contributed by atoms with van der Waals surface area (Å²) in [6.07, 6.45) is 4.08. The average Bonchev–Trinajstić information content (AvgIpc) is 2.69. The maximum absolute atomic E-state index is 11.0. The quantitative estimate of drug-likeness (QED) is 0.343. The number of nitrogens with one attached hydrogen (secondary N) is 1. The van der Waals surface area contributed by atoms with Gasteiger partial charge in [-0.15, -0.1) is 0 Å². The third kappa shape index (κ3) is 1.14.